The van der Waals surface area contributed by atoms with Gasteiger partial charge in [-0.2, -0.15) is 0 Å². The fourth-order valence-electron chi connectivity index (χ4n) is 3.26. The van der Waals surface area contributed by atoms with Gasteiger partial charge in [0.15, 0.2) is 5.96 Å². The number of rotatable bonds is 19. The van der Waals surface area contributed by atoms with Gasteiger partial charge in [0.1, 0.15) is 18.1 Å². The van der Waals surface area contributed by atoms with Crippen molar-refractivity contribution in [2.24, 2.45) is 17.4 Å². The standard InChI is InChI=1S/C22H39N7O9/c1-11(2)10-15(29-18(34)12(23)5-7-16(30)31)20(36)27-13(4-3-9-26-22(24)25)19(35)28-14(21(37)38)6-8-17(32)33/h11-15H,3-10,23H2,1-2H3,(H,27,36)(H,28,35)(H,29,34)(H,30,31)(H,32,33)(H,37,38)(H4,24,25,26)/t12-,13-,14-,15-/m0/s1. The maximum atomic E-state index is 13.1. The lowest BCUT2D eigenvalue weighted by molar-refractivity contribution is -0.143. The van der Waals surface area contributed by atoms with E-state index in [-0.39, 0.29) is 56.9 Å². The highest BCUT2D eigenvalue weighted by Crippen LogP contribution is 2.09. The second-order valence-corrected chi connectivity index (χ2v) is 9.11. The van der Waals surface area contributed by atoms with E-state index < -0.39 is 66.2 Å². The van der Waals surface area contributed by atoms with Gasteiger partial charge in [-0.3, -0.25) is 29.4 Å². The third-order valence-corrected chi connectivity index (χ3v) is 5.23. The van der Waals surface area contributed by atoms with Crippen molar-refractivity contribution >= 4 is 41.6 Å². The number of amides is 3. The van der Waals surface area contributed by atoms with E-state index in [2.05, 4.69) is 21.3 Å². The Hall–Kier alpha value is -3.95. The van der Waals surface area contributed by atoms with Crippen LogP contribution in [0.15, 0.2) is 0 Å². The van der Waals surface area contributed by atoms with Crippen molar-refractivity contribution in [1.29, 1.82) is 5.41 Å². The van der Waals surface area contributed by atoms with Crippen molar-refractivity contribution in [2.45, 2.75) is 83.0 Å². The molecular weight excluding hydrogens is 506 g/mol. The molecule has 0 unspecified atom stereocenters. The maximum Gasteiger partial charge on any atom is 0.326 e. The Bertz CT molecular complexity index is 866. The first-order chi connectivity index (χ1) is 17.6. The zero-order valence-electron chi connectivity index (χ0n) is 21.5. The van der Waals surface area contributed by atoms with Gasteiger partial charge in [0.2, 0.25) is 17.7 Å². The molecule has 0 aromatic heterocycles. The van der Waals surface area contributed by atoms with Crippen LogP contribution in [-0.2, 0) is 28.8 Å². The maximum absolute atomic E-state index is 13.1. The van der Waals surface area contributed by atoms with E-state index in [1.165, 1.54) is 0 Å². The number of nitrogens with one attached hydrogen (secondary N) is 5. The predicted molar refractivity (Wildman–Crippen MR) is 134 cm³/mol. The van der Waals surface area contributed by atoms with Crippen molar-refractivity contribution in [1.82, 2.24) is 21.3 Å². The zero-order valence-corrected chi connectivity index (χ0v) is 21.5. The molecule has 0 spiro atoms. The molecule has 38 heavy (non-hydrogen) atoms. The Labute approximate surface area is 219 Å². The first-order valence-corrected chi connectivity index (χ1v) is 12.0. The number of carboxylic acid groups (broad SMARTS) is 3. The Balaban J connectivity index is 5.61. The lowest BCUT2D eigenvalue weighted by atomic mass is 10.0. The number of aliphatic carboxylic acids is 3. The van der Waals surface area contributed by atoms with Gasteiger partial charge in [-0.25, -0.2) is 4.79 Å². The van der Waals surface area contributed by atoms with Crippen LogP contribution in [0.4, 0.5) is 0 Å². The predicted octanol–water partition coefficient (Wildman–Crippen LogP) is -2.11. The van der Waals surface area contributed by atoms with Gasteiger partial charge in [0.25, 0.3) is 0 Å². The largest absolute Gasteiger partial charge is 0.481 e. The van der Waals surface area contributed by atoms with Crippen LogP contribution in [0.25, 0.3) is 0 Å². The van der Waals surface area contributed by atoms with Crippen LogP contribution in [0.1, 0.15) is 58.8 Å². The molecule has 0 aromatic rings. The Kier molecular flexibility index (Phi) is 15.7. The molecule has 0 aliphatic rings. The summed E-state index contributed by atoms with van der Waals surface area (Å²) in [5.74, 6) is -6.63. The molecule has 0 bridgehead atoms. The highest BCUT2D eigenvalue weighted by molar-refractivity contribution is 5.94. The number of hydrogen-bond acceptors (Lipinski definition) is 8. The monoisotopic (exact) mass is 545 g/mol. The van der Waals surface area contributed by atoms with Crippen molar-refractivity contribution < 1.29 is 44.1 Å². The highest BCUT2D eigenvalue weighted by atomic mass is 16.4. The molecule has 0 rings (SSSR count). The summed E-state index contributed by atoms with van der Waals surface area (Å²) < 4.78 is 0. The second kappa shape index (κ2) is 17.5. The van der Waals surface area contributed by atoms with Gasteiger partial charge >= 0.3 is 17.9 Å². The van der Waals surface area contributed by atoms with Crippen LogP contribution in [-0.4, -0.2) is 87.6 Å². The molecule has 3 amide bonds. The quantitative estimate of drug-likeness (QED) is 0.0474. The number of carbonyl (C=O) groups excluding carboxylic acids is 3. The van der Waals surface area contributed by atoms with Gasteiger partial charge in [0, 0.05) is 19.4 Å². The highest BCUT2D eigenvalue weighted by Gasteiger charge is 2.30. The van der Waals surface area contributed by atoms with Crippen molar-refractivity contribution in [3.8, 4) is 0 Å². The van der Waals surface area contributed by atoms with Crippen LogP contribution in [0.5, 0.6) is 0 Å². The first kappa shape index (κ1) is 34.0. The van der Waals surface area contributed by atoms with Gasteiger partial charge in [0.05, 0.1) is 6.04 Å². The topological polar surface area (TPSA) is 287 Å². The minimum absolute atomic E-state index is 0.0103. The minimum atomic E-state index is -1.52. The molecule has 4 atom stereocenters. The SMILES string of the molecule is CC(C)C[C@H](NC(=O)[C@@H](N)CCC(=O)O)C(=O)N[C@@H](CCCNC(=N)N)C(=O)N[C@@H](CCC(=O)O)C(=O)O. The number of carbonyl (C=O) groups is 6. The molecular formula is C22H39N7O9. The molecule has 12 N–H and O–H groups in total. The van der Waals surface area contributed by atoms with E-state index in [0.29, 0.717) is 0 Å². The molecule has 0 radical (unpaired) electrons. The summed E-state index contributed by atoms with van der Waals surface area (Å²) in [5.41, 5.74) is 11.0. The molecule has 0 heterocycles. The van der Waals surface area contributed by atoms with E-state index in [1.54, 1.807) is 13.8 Å². The van der Waals surface area contributed by atoms with Crippen LogP contribution < -0.4 is 32.7 Å². The number of nitrogens with two attached hydrogens (primary N) is 2. The van der Waals surface area contributed by atoms with Crippen molar-refractivity contribution in [2.75, 3.05) is 6.54 Å². The molecule has 0 aromatic carbocycles. The van der Waals surface area contributed by atoms with Gasteiger partial charge in [-0.05, 0) is 38.0 Å². The number of carboxylic acids is 3. The van der Waals surface area contributed by atoms with Crippen molar-refractivity contribution in [3.63, 3.8) is 0 Å². The summed E-state index contributed by atoms with van der Waals surface area (Å²) in [6.07, 6.45) is -1.03. The van der Waals surface area contributed by atoms with Crippen LogP contribution in [0.2, 0.25) is 0 Å². The third kappa shape index (κ3) is 15.2. The third-order valence-electron chi connectivity index (χ3n) is 5.23. The second-order valence-electron chi connectivity index (χ2n) is 9.11. The summed E-state index contributed by atoms with van der Waals surface area (Å²) >= 11 is 0. The summed E-state index contributed by atoms with van der Waals surface area (Å²) in [4.78, 5) is 71.5. The smallest absolute Gasteiger partial charge is 0.326 e. The summed E-state index contributed by atoms with van der Waals surface area (Å²) in [5, 5.41) is 43.9. The minimum Gasteiger partial charge on any atom is -0.481 e. The molecule has 16 heteroatoms. The van der Waals surface area contributed by atoms with Gasteiger partial charge < -0.3 is 48.1 Å². The fraction of sp³-hybridized carbons (Fsp3) is 0.682. The van der Waals surface area contributed by atoms with Gasteiger partial charge in [-0.15, -0.1) is 0 Å². The van der Waals surface area contributed by atoms with Crippen molar-refractivity contribution in [3.05, 3.63) is 0 Å². The van der Waals surface area contributed by atoms with Crippen LogP contribution in [0.3, 0.4) is 0 Å². The van der Waals surface area contributed by atoms with E-state index in [0.717, 1.165) is 0 Å². The van der Waals surface area contributed by atoms with Crippen LogP contribution >= 0.6 is 0 Å². The summed E-state index contributed by atoms with van der Waals surface area (Å²) in [7, 11) is 0. The molecule has 0 saturated heterocycles. The Morgan fingerprint density at radius 2 is 1.26 bits per heavy atom. The number of hydrogen-bond donors (Lipinski definition) is 10. The lowest BCUT2D eigenvalue weighted by Gasteiger charge is -2.26. The summed E-state index contributed by atoms with van der Waals surface area (Å²) in [6, 6.07) is -5.11. The summed E-state index contributed by atoms with van der Waals surface area (Å²) in [6.45, 7) is 3.74. The molecule has 0 saturated carbocycles. The molecule has 0 aliphatic heterocycles. The normalized spacial score (nSPS) is 13.9. The average Bonchev–Trinajstić information content (AvgIpc) is 2.80. The molecule has 0 fully saturated rings. The fourth-order valence-corrected chi connectivity index (χ4v) is 3.26. The zero-order chi connectivity index (χ0) is 29.4. The van der Waals surface area contributed by atoms with Gasteiger partial charge in [-0.1, -0.05) is 13.8 Å². The Morgan fingerprint density at radius 3 is 1.76 bits per heavy atom. The van der Waals surface area contributed by atoms with E-state index in [9.17, 15) is 33.9 Å². The molecule has 16 nitrogen and oxygen atoms in total. The van der Waals surface area contributed by atoms with E-state index in [4.69, 9.17) is 27.1 Å². The molecule has 0 aliphatic carbocycles. The van der Waals surface area contributed by atoms with E-state index >= 15 is 0 Å². The number of guanidine groups is 1. The Morgan fingerprint density at radius 1 is 0.763 bits per heavy atom. The molecule has 216 valence electrons. The lowest BCUT2D eigenvalue weighted by Crippen LogP contribution is -2.57. The average molecular weight is 546 g/mol. The van der Waals surface area contributed by atoms with E-state index in [1.807, 2.05) is 0 Å². The van der Waals surface area contributed by atoms with Crippen LogP contribution in [0, 0.1) is 11.3 Å². The first-order valence-electron chi connectivity index (χ1n) is 12.0.